The van der Waals surface area contributed by atoms with Crippen LogP contribution in [0.15, 0.2) is 0 Å². The van der Waals surface area contributed by atoms with E-state index in [1.165, 1.54) is 13.6 Å². The summed E-state index contributed by atoms with van der Waals surface area (Å²) >= 11 is 4.14. The molecular weight excluding hydrogens is 271 g/mol. The molecule has 0 atom stereocenters. The summed E-state index contributed by atoms with van der Waals surface area (Å²) in [5.74, 6) is 0. The summed E-state index contributed by atoms with van der Waals surface area (Å²) in [5.41, 5.74) is 1.32. The zero-order valence-corrected chi connectivity index (χ0v) is 9.04. The predicted molar refractivity (Wildman–Crippen MR) is 55.1 cm³/mol. The summed E-state index contributed by atoms with van der Waals surface area (Å²) in [6.07, 6.45) is 2.27. The zero-order chi connectivity index (χ0) is 7.68. The molecule has 60 valence electrons. The van der Waals surface area contributed by atoms with Gasteiger partial charge in [-0.15, -0.1) is 11.3 Å². The highest BCUT2D eigenvalue weighted by Gasteiger charge is 2.11. The molecule has 0 amide bonds. The number of fused-ring (bicyclic) bond motifs is 1. The summed E-state index contributed by atoms with van der Waals surface area (Å²) < 4.78 is 1.19. The minimum atomic E-state index is 1.09. The Morgan fingerprint density at radius 1 is 1.36 bits per heavy atom. The molecule has 0 aliphatic carbocycles. The lowest BCUT2D eigenvalue weighted by atomic mass is 10.2. The number of rotatable bonds is 0. The molecule has 0 unspecified atom stereocenters. The third-order valence-electron chi connectivity index (χ3n) is 1.82. The molecule has 1 aromatic rings. The van der Waals surface area contributed by atoms with Crippen molar-refractivity contribution in [2.24, 2.45) is 0 Å². The van der Waals surface area contributed by atoms with Crippen LogP contribution < -0.4 is 5.32 Å². The van der Waals surface area contributed by atoms with Crippen LogP contribution in [0.25, 0.3) is 0 Å². The lowest BCUT2D eigenvalue weighted by Gasteiger charge is -1.93. The van der Waals surface area contributed by atoms with E-state index in [1.807, 2.05) is 11.3 Å². The van der Waals surface area contributed by atoms with E-state index in [4.69, 9.17) is 0 Å². The minimum Gasteiger partial charge on any atom is -0.316 e. The second-order valence-corrected chi connectivity index (χ2v) is 5.42. The molecule has 2 nitrogen and oxygen atoms in total. The van der Waals surface area contributed by atoms with Gasteiger partial charge >= 0.3 is 0 Å². The van der Waals surface area contributed by atoms with Crippen molar-refractivity contribution in [1.82, 2.24) is 10.3 Å². The lowest BCUT2D eigenvalue weighted by Crippen LogP contribution is -2.16. The maximum Gasteiger partial charge on any atom is 0.154 e. The first-order chi connectivity index (χ1) is 5.36. The number of nitrogens with one attached hydrogen (secondary N) is 1. The van der Waals surface area contributed by atoms with Crippen molar-refractivity contribution in [3.63, 3.8) is 0 Å². The average Bonchev–Trinajstić information content (AvgIpc) is 2.17. The van der Waals surface area contributed by atoms with Crippen molar-refractivity contribution in [2.75, 3.05) is 13.1 Å². The van der Waals surface area contributed by atoms with E-state index in [2.05, 4.69) is 32.9 Å². The topological polar surface area (TPSA) is 24.9 Å². The normalized spacial score (nSPS) is 17.5. The smallest absolute Gasteiger partial charge is 0.154 e. The Morgan fingerprint density at radius 3 is 3.09 bits per heavy atom. The molecule has 0 saturated heterocycles. The van der Waals surface area contributed by atoms with Crippen molar-refractivity contribution in [3.05, 3.63) is 13.6 Å². The van der Waals surface area contributed by atoms with Crippen LogP contribution in [0, 0.1) is 3.01 Å². The van der Waals surface area contributed by atoms with E-state index < -0.39 is 0 Å². The molecule has 1 aromatic heterocycles. The molecule has 1 aliphatic rings. The van der Waals surface area contributed by atoms with E-state index in [9.17, 15) is 0 Å². The van der Waals surface area contributed by atoms with E-state index in [0.717, 1.165) is 25.9 Å². The molecule has 0 bridgehead atoms. The first-order valence-corrected chi connectivity index (χ1v) is 5.60. The number of nitrogens with zero attached hydrogens (tertiary/aromatic N) is 1. The molecule has 0 spiro atoms. The molecule has 1 N–H and O–H groups in total. The minimum absolute atomic E-state index is 1.09. The van der Waals surface area contributed by atoms with Gasteiger partial charge in [0.25, 0.3) is 0 Å². The molecular formula is C7H9IN2S. The van der Waals surface area contributed by atoms with Crippen LogP contribution in [0.2, 0.25) is 0 Å². The lowest BCUT2D eigenvalue weighted by molar-refractivity contribution is 0.708. The Balaban J connectivity index is 2.32. The largest absolute Gasteiger partial charge is 0.316 e. The van der Waals surface area contributed by atoms with Gasteiger partial charge in [-0.2, -0.15) is 0 Å². The zero-order valence-electron chi connectivity index (χ0n) is 6.06. The van der Waals surface area contributed by atoms with E-state index in [0.29, 0.717) is 0 Å². The molecule has 0 saturated carbocycles. The summed E-state index contributed by atoms with van der Waals surface area (Å²) in [4.78, 5) is 5.96. The van der Waals surface area contributed by atoms with Crippen LogP contribution in [0.4, 0.5) is 0 Å². The quantitative estimate of drug-likeness (QED) is 0.727. The third-order valence-corrected chi connectivity index (χ3v) is 3.67. The SMILES string of the molecule is Ic1nc2c(s1)CCNCC2. The maximum atomic E-state index is 4.48. The molecule has 0 aromatic carbocycles. The van der Waals surface area contributed by atoms with Gasteiger partial charge in [-0.25, -0.2) is 4.98 Å². The fourth-order valence-corrected chi connectivity index (χ4v) is 3.19. The van der Waals surface area contributed by atoms with Crippen molar-refractivity contribution >= 4 is 33.9 Å². The van der Waals surface area contributed by atoms with E-state index >= 15 is 0 Å². The number of halogens is 1. The Labute approximate surface area is 83.6 Å². The fourth-order valence-electron chi connectivity index (χ4n) is 1.28. The molecule has 4 heteroatoms. The highest BCUT2D eigenvalue weighted by molar-refractivity contribution is 14.1. The second kappa shape index (κ2) is 3.37. The third kappa shape index (κ3) is 1.73. The van der Waals surface area contributed by atoms with Crippen LogP contribution in [-0.2, 0) is 12.8 Å². The summed E-state index contributed by atoms with van der Waals surface area (Å²) in [5, 5.41) is 3.36. The highest BCUT2D eigenvalue weighted by atomic mass is 127. The van der Waals surface area contributed by atoms with Gasteiger partial charge in [-0.3, -0.25) is 0 Å². The standard InChI is InChI=1S/C7H9IN2S/c8-7-10-5-1-3-9-4-2-6(5)11-7/h9H,1-4H2. The Bertz CT molecular complexity index is 235. The average molecular weight is 280 g/mol. The van der Waals surface area contributed by atoms with Crippen molar-refractivity contribution < 1.29 is 0 Å². The molecule has 1 aliphatic heterocycles. The van der Waals surface area contributed by atoms with Crippen LogP contribution in [0.5, 0.6) is 0 Å². The molecule has 0 radical (unpaired) electrons. The first kappa shape index (κ1) is 7.94. The monoisotopic (exact) mass is 280 g/mol. The van der Waals surface area contributed by atoms with Gasteiger partial charge in [0.15, 0.2) is 3.01 Å². The Kier molecular flexibility index (Phi) is 2.43. The van der Waals surface area contributed by atoms with Gasteiger partial charge in [-0.1, -0.05) is 0 Å². The fraction of sp³-hybridized carbons (Fsp3) is 0.571. The van der Waals surface area contributed by atoms with Crippen molar-refractivity contribution in [1.29, 1.82) is 0 Å². The number of thiazole rings is 1. The second-order valence-electron chi connectivity index (χ2n) is 2.59. The molecule has 2 rings (SSSR count). The van der Waals surface area contributed by atoms with Gasteiger partial charge in [0.2, 0.25) is 0 Å². The van der Waals surface area contributed by atoms with Crippen LogP contribution in [0.3, 0.4) is 0 Å². The summed E-state index contributed by atoms with van der Waals surface area (Å²) in [6, 6.07) is 0. The van der Waals surface area contributed by atoms with E-state index in [-0.39, 0.29) is 0 Å². The molecule has 11 heavy (non-hydrogen) atoms. The van der Waals surface area contributed by atoms with E-state index in [1.54, 1.807) is 0 Å². The van der Waals surface area contributed by atoms with Crippen LogP contribution in [-0.4, -0.2) is 18.1 Å². The predicted octanol–water partition coefficient (Wildman–Crippen LogP) is 1.44. The van der Waals surface area contributed by atoms with Crippen LogP contribution >= 0.6 is 33.9 Å². The summed E-state index contributed by atoms with van der Waals surface area (Å²) in [6.45, 7) is 2.21. The van der Waals surface area contributed by atoms with Crippen molar-refractivity contribution in [3.8, 4) is 0 Å². The number of hydrogen-bond acceptors (Lipinski definition) is 3. The number of aromatic nitrogens is 1. The molecule has 2 heterocycles. The maximum absolute atomic E-state index is 4.48. The van der Waals surface area contributed by atoms with Gasteiger partial charge in [-0.05, 0) is 29.0 Å². The van der Waals surface area contributed by atoms with Gasteiger partial charge < -0.3 is 5.32 Å². The van der Waals surface area contributed by atoms with Gasteiger partial charge in [0.1, 0.15) is 0 Å². The Morgan fingerprint density at radius 2 is 2.18 bits per heavy atom. The summed E-state index contributed by atoms with van der Waals surface area (Å²) in [7, 11) is 0. The Hall–Kier alpha value is 0.320. The number of hydrogen-bond donors (Lipinski definition) is 1. The first-order valence-electron chi connectivity index (χ1n) is 3.71. The molecule has 0 fully saturated rings. The van der Waals surface area contributed by atoms with Crippen molar-refractivity contribution in [2.45, 2.75) is 12.8 Å². The highest BCUT2D eigenvalue weighted by Crippen LogP contribution is 2.21. The van der Waals surface area contributed by atoms with Crippen LogP contribution in [0.1, 0.15) is 10.6 Å². The van der Waals surface area contributed by atoms with Gasteiger partial charge in [0, 0.05) is 24.4 Å². The van der Waals surface area contributed by atoms with Gasteiger partial charge in [0.05, 0.1) is 5.69 Å².